The second-order valence-electron chi connectivity index (χ2n) is 7.37. The summed E-state index contributed by atoms with van der Waals surface area (Å²) < 4.78 is 37.1. The van der Waals surface area contributed by atoms with Gasteiger partial charge in [-0.3, -0.25) is 9.10 Å². The summed E-state index contributed by atoms with van der Waals surface area (Å²) in [6, 6.07) is 10.1. The highest BCUT2D eigenvalue weighted by molar-refractivity contribution is 7.92. The zero-order valence-corrected chi connectivity index (χ0v) is 19.2. The Balaban J connectivity index is 2.08. The van der Waals surface area contributed by atoms with Gasteiger partial charge in [0, 0.05) is 0 Å². The van der Waals surface area contributed by atoms with Gasteiger partial charge >= 0.3 is 0 Å². The van der Waals surface area contributed by atoms with Crippen molar-refractivity contribution in [2.24, 2.45) is 0 Å². The van der Waals surface area contributed by atoms with Crippen molar-refractivity contribution in [1.82, 2.24) is 5.32 Å². The number of methoxy groups -OCH3 is 1. The van der Waals surface area contributed by atoms with Crippen molar-refractivity contribution in [2.45, 2.75) is 33.7 Å². The summed E-state index contributed by atoms with van der Waals surface area (Å²) in [5.74, 6) is 0.689. The number of carbonyl (C=O) groups excluding carboxylic acids is 1. The molecule has 1 N–H and O–H groups in total. The second-order valence-corrected chi connectivity index (χ2v) is 9.23. The maximum Gasteiger partial charge on any atom is 0.243 e. The van der Waals surface area contributed by atoms with E-state index in [1.54, 1.807) is 19.1 Å². The number of carbonyl (C=O) groups is 1. The van der Waals surface area contributed by atoms with Crippen LogP contribution in [-0.2, 0) is 14.8 Å². The van der Waals surface area contributed by atoms with E-state index in [-0.39, 0.29) is 13.2 Å². The van der Waals surface area contributed by atoms with Gasteiger partial charge < -0.3 is 14.8 Å². The molecule has 0 saturated heterocycles. The third kappa shape index (κ3) is 6.13. The quantitative estimate of drug-likeness (QED) is 0.614. The molecule has 0 bridgehead atoms. The van der Waals surface area contributed by atoms with Crippen molar-refractivity contribution in [3.05, 3.63) is 53.1 Å². The van der Waals surface area contributed by atoms with Crippen LogP contribution in [-0.4, -0.2) is 46.9 Å². The van der Waals surface area contributed by atoms with Gasteiger partial charge in [-0.25, -0.2) is 8.42 Å². The van der Waals surface area contributed by atoms with Crippen LogP contribution in [0.4, 0.5) is 5.69 Å². The summed E-state index contributed by atoms with van der Waals surface area (Å²) in [6.07, 6.45) is 1.07. The Morgan fingerprint density at radius 2 is 1.70 bits per heavy atom. The summed E-state index contributed by atoms with van der Waals surface area (Å²) in [4.78, 5) is 12.7. The lowest BCUT2D eigenvalue weighted by Gasteiger charge is -2.29. The molecule has 2 rings (SSSR count). The first-order chi connectivity index (χ1) is 14.0. The first-order valence-electron chi connectivity index (χ1n) is 9.65. The third-order valence-corrected chi connectivity index (χ3v) is 5.75. The zero-order valence-electron chi connectivity index (χ0n) is 18.4. The fraction of sp³-hybridized carbons (Fsp3) is 0.409. The van der Waals surface area contributed by atoms with E-state index in [4.69, 9.17) is 9.47 Å². The molecule has 0 aliphatic carbocycles. The number of rotatable bonds is 9. The summed E-state index contributed by atoms with van der Waals surface area (Å²) in [6.45, 7) is 7.89. The highest BCUT2D eigenvalue weighted by Gasteiger charge is 2.31. The number of ether oxygens (including phenoxy) is 2. The summed E-state index contributed by atoms with van der Waals surface area (Å²) in [5.41, 5.74) is 3.38. The Kier molecular flexibility index (Phi) is 7.72. The van der Waals surface area contributed by atoms with Crippen molar-refractivity contribution in [1.29, 1.82) is 0 Å². The maximum atomic E-state index is 12.7. The fourth-order valence-corrected chi connectivity index (χ4v) is 4.43. The average molecular weight is 435 g/mol. The third-order valence-electron chi connectivity index (χ3n) is 4.53. The number of benzene rings is 2. The molecule has 7 nitrogen and oxygen atoms in total. The SMILES string of the molecule is COc1ccc(C)cc1N([C@H](C)C(=O)NCCOc1cc(C)cc(C)c1)S(C)(=O)=O. The lowest BCUT2D eigenvalue weighted by atomic mass is 10.1. The first kappa shape index (κ1) is 23.5. The van der Waals surface area contributed by atoms with Crippen molar-refractivity contribution >= 4 is 21.6 Å². The van der Waals surface area contributed by atoms with Gasteiger partial charge in [-0.05, 0) is 68.7 Å². The van der Waals surface area contributed by atoms with Gasteiger partial charge in [-0.15, -0.1) is 0 Å². The van der Waals surface area contributed by atoms with Crippen LogP contribution in [0.2, 0.25) is 0 Å². The van der Waals surface area contributed by atoms with Gasteiger partial charge in [-0.2, -0.15) is 0 Å². The van der Waals surface area contributed by atoms with Crippen LogP contribution < -0.4 is 19.1 Å². The smallest absolute Gasteiger partial charge is 0.243 e. The number of aryl methyl sites for hydroxylation is 3. The molecule has 0 spiro atoms. The standard InChI is InChI=1S/C22H30N2O5S/c1-15-7-8-21(28-5)20(14-15)24(30(6,26)27)18(4)22(25)23-9-10-29-19-12-16(2)11-17(3)13-19/h7-8,11-14,18H,9-10H2,1-6H3,(H,23,25)/t18-/m1/s1. The molecule has 0 saturated carbocycles. The predicted octanol–water partition coefficient (Wildman–Crippen LogP) is 2.97. The van der Waals surface area contributed by atoms with E-state index in [2.05, 4.69) is 11.4 Å². The Labute approximate surface area is 179 Å². The lowest BCUT2D eigenvalue weighted by Crippen LogP contribution is -2.48. The highest BCUT2D eigenvalue weighted by atomic mass is 32.2. The molecule has 0 fully saturated rings. The predicted molar refractivity (Wildman–Crippen MR) is 119 cm³/mol. The normalized spacial score (nSPS) is 12.2. The van der Waals surface area contributed by atoms with Crippen LogP contribution in [0.15, 0.2) is 36.4 Å². The van der Waals surface area contributed by atoms with E-state index >= 15 is 0 Å². The van der Waals surface area contributed by atoms with Gasteiger partial charge in [0.25, 0.3) is 0 Å². The van der Waals surface area contributed by atoms with E-state index in [0.717, 1.165) is 33.0 Å². The molecule has 0 unspecified atom stereocenters. The molecule has 0 aliphatic rings. The number of nitrogens with one attached hydrogen (secondary N) is 1. The van der Waals surface area contributed by atoms with Crippen LogP contribution in [0.5, 0.6) is 11.5 Å². The second kappa shape index (κ2) is 9.84. The van der Waals surface area contributed by atoms with E-state index in [1.807, 2.05) is 39.0 Å². The summed E-state index contributed by atoms with van der Waals surface area (Å²) in [5, 5.41) is 2.75. The van der Waals surface area contributed by atoms with Crippen molar-refractivity contribution in [2.75, 3.05) is 30.8 Å². The molecular weight excluding hydrogens is 404 g/mol. The van der Waals surface area contributed by atoms with Crippen LogP contribution in [0.1, 0.15) is 23.6 Å². The molecule has 1 amide bonds. The molecule has 0 aromatic heterocycles. The molecular formula is C22H30N2O5S. The van der Waals surface area contributed by atoms with Gasteiger partial charge in [0.1, 0.15) is 24.1 Å². The Bertz CT molecular complexity index is 984. The van der Waals surface area contributed by atoms with Crippen LogP contribution in [0.25, 0.3) is 0 Å². The number of hydrogen-bond acceptors (Lipinski definition) is 5. The van der Waals surface area contributed by atoms with Gasteiger partial charge in [0.2, 0.25) is 15.9 Å². The van der Waals surface area contributed by atoms with Gasteiger partial charge in [-0.1, -0.05) is 12.1 Å². The minimum atomic E-state index is -3.73. The number of nitrogens with zero attached hydrogens (tertiary/aromatic N) is 1. The minimum absolute atomic E-state index is 0.249. The number of hydrogen-bond donors (Lipinski definition) is 1. The first-order valence-corrected chi connectivity index (χ1v) is 11.5. The van der Waals surface area contributed by atoms with E-state index in [1.165, 1.54) is 7.11 Å². The van der Waals surface area contributed by atoms with E-state index < -0.39 is 22.0 Å². The van der Waals surface area contributed by atoms with Gasteiger partial charge in [0.05, 0.1) is 25.6 Å². The monoisotopic (exact) mass is 434 g/mol. The molecule has 8 heteroatoms. The molecule has 0 radical (unpaired) electrons. The molecule has 1 atom stereocenters. The highest BCUT2D eigenvalue weighted by Crippen LogP contribution is 2.32. The zero-order chi connectivity index (χ0) is 22.5. The molecule has 2 aromatic carbocycles. The largest absolute Gasteiger partial charge is 0.495 e. The Morgan fingerprint density at radius 1 is 1.07 bits per heavy atom. The maximum absolute atomic E-state index is 12.7. The van der Waals surface area contributed by atoms with E-state index in [9.17, 15) is 13.2 Å². The van der Waals surface area contributed by atoms with E-state index in [0.29, 0.717) is 11.4 Å². The lowest BCUT2D eigenvalue weighted by molar-refractivity contribution is -0.121. The molecule has 30 heavy (non-hydrogen) atoms. The van der Waals surface area contributed by atoms with Gasteiger partial charge in [0.15, 0.2) is 0 Å². The fourth-order valence-electron chi connectivity index (χ4n) is 3.26. The molecule has 0 aliphatic heterocycles. The molecule has 0 heterocycles. The average Bonchev–Trinajstić information content (AvgIpc) is 2.63. The van der Waals surface area contributed by atoms with Crippen molar-refractivity contribution in [3.63, 3.8) is 0 Å². The summed E-state index contributed by atoms with van der Waals surface area (Å²) in [7, 11) is -2.27. The van der Waals surface area contributed by atoms with Crippen LogP contribution in [0.3, 0.4) is 0 Å². The number of sulfonamides is 1. The minimum Gasteiger partial charge on any atom is -0.495 e. The molecule has 2 aromatic rings. The summed E-state index contributed by atoms with van der Waals surface area (Å²) >= 11 is 0. The van der Waals surface area contributed by atoms with Crippen LogP contribution >= 0.6 is 0 Å². The van der Waals surface area contributed by atoms with Crippen molar-refractivity contribution in [3.8, 4) is 11.5 Å². The molecule has 164 valence electrons. The van der Waals surface area contributed by atoms with Crippen LogP contribution in [0, 0.1) is 20.8 Å². The Hall–Kier alpha value is -2.74. The topological polar surface area (TPSA) is 84.9 Å². The Morgan fingerprint density at radius 3 is 2.27 bits per heavy atom. The number of amides is 1. The van der Waals surface area contributed by atoms with Crippen molar-refractivity contribution < 1.29 is 22.7 Å². The number of anilines is 1.